The van der Waals surface area contributed by atoms with Gasteiger partial charge in [0.2, 0.25) is 12.7 Å². The number of nitrogens with zero attached hydrogens (tertiary/aromatic N) is 1. The van der Waals surface area contributed by atoms with E-state index >= 15 is 0 Å². The Morgan fingerprint density at radius 2 is 1.84 bits per heavy atom. The molecule has 0 radical (unpaired) electrons. The molecular weight excluding hydrogens is 430 g/mol. The molecule has 1 heterocycles. The number of hydrogen-bond acceptors (Lipinski definition) is 5. The molecule has 170 valence electrons. The molecule has 0 unspecified atom stereocenters. The van der Waals surface area contributed by atoms with Gasteiger partial charge >= 0.3 is 0 Å². The van der Waals surface area contributed by atoms with E-state index in [-0.39, 0.29) is 31.2 Å². The summed E-state index contributed by atoms with van der Waals surface area (Å²) in [6.45, 7) is 0.702. The van der Waals surface area contributed by atoms with Gasteiger partial charge in [0.05, 0.1) is 17.1 Å². The lowest BCUT2D eigenvalue weighted by Crippen LogP contribution is -2.38. The Labute approximate surface area is 193 Å². The lowest BCUT2D eigenvalue weighted by Gasteiger charge is -2.31. The first-order valence-electron chi connectivity index (χ1n) is 11.0. The van der Waals surface area contributed by atoms with Crippen LogP contribution in [0.15, 0.2) is 36.4 Å². The van der Waals surface area contributed by atoms with Gasteiger partial charge in [-0.3, -0.25) is 9.59 Å². The molecule has 1 fully saturated rings. The second-order valence-electron chi connectivity index (χ2n) is 8.22. The van der Waals surface area contributed by atoms with Crippen LogP contribution in [0.2, 0.25) is 5.02 Å². The standard InChI is InChI=1S/C24H28ClN3O4/c1-28(18-5-3-2-4-6-18)24(30)19-9-8-17(12-20(19)25)26-14-23(29)27-13-16-7-10-21-22(11-16)32-15-31-21/h7-12,18,26H,2-6,13-15H2,1H3,(H,27,29). The monoisotopic (exact) mass is 457 g/mol. The Hall–Kier alpha value is -2.93. The number of fused-ring (bicyclic) bond motifs is 1. The quantitative estimate of drug-likeness (QED) is 0.651. The summed E-state index contributed by atoms with van der Waals surface area (Å²) in [6, 6.07) is 11.0. The SMILES string of the molecule is CN(C(=O)c1ccc(NCC(=O)NCc2ccc3c(c2)OCO3)cc1Cl)C1CCCCC1. The van der Waals surface area contributed by atoms with Gasteiger partial charge in [-0.05, 0) is 48.7 Å². The Bertz CT molecular complexity index is 991. The molecule has 4 rings (SSSR count). The fraction of sp³-hybridized carbons (Fsp3) is 0.417. The van der Waals surface area contributed by atoms with Crippen LogP contribution in [0.25, 0.3) is 0 Å². The van der Waals surface area contributed by atoms with Crippen LogP contribution >= 0.6 is 11.6 Å². The number of nitrogens with one attached hydrogen (secondary N) is 2. The number of ether oxygens (including phenoxy) is 2. The maximum Gasteiger partial charge on any atom is 0.255 e. The Morgan fingerprint density at radius 3 is 2.62 bits per heavy atom. The van der Waals surface area contributed by atoms with E-state index in [0.717, 1.165) is 31.2 Å². The molecule has 0 spiro atoms. The molecule has 8 heteroatoms. The summed E-state index contributed by atoms with van der Waals surface area (Å²) < 4.78 is 10.6. The van der Waals surface area contributed by atoms with Gasteiger partial charge in [-0.2, -0.15) is 0 Å². The summed E-state index contributed by atoms with van der Waals surface area (Å²) in [5.41, 5.74) is 2.10. The molecule has 2 aromatic carbocycles. The van der Waals surface area contributed by atoms with Crippen LogP contribution in [0.4, 0.5) is 5.69 Å². The number of carbonyl (C=O) groups excluding carboxylic acids is 2. The number of hydrogen-bond donors (Lipinski definition) is 2. The van der Waals surface area contributed by atoms with Crippen molar-refractivity contribution in [1.82, 2.24) is 10.2 Å². The largest absolute Gasteiger partial charge is 0.454 e. The smallest absolute Gasteiger partial charge is 0.255 e. The van der Waals surface area contributed by atoms with Crippen LogP contribution in [0.3, 0.4) is 0 Å². The minimum absolute atomic E-state index is 0.0603. The van der Waals surface area contributed by atoms with Gasteiger partial charge in [0, 0.05) is 25.3 Å². The van der Waals surface area contributed by atoms with E-state index in [0.29, 0.717) is 34.3 Å². The van der Waals surface area contributed by atoms with Gasteiger partial charge < -0.3 is 25.0 Å². The van der Waals surface area contributed by atoms with E-state index in [1.54, 1.807) is 18.2 Å². The van der Waals surface area contributed by atoms with Gasteiger partial charge in [-0.15, -0.1) is 0 Å². The van der Waals surface area contributed by atoms with Crippen LogP contribution in [0.5, 0.6) is 11.5 Å². The number of anilines is 1. The third-order valence-electron chi connectivity index (χ3n) is 6.02. The van der Waals surface area contributed by atoms with Crippen molar-refractivity contribution in [2.45, 2.75) is 44.7 Å². The Balaban J connectivity index is 1.27. The van der Waals surface area contributed by atoms with E-state index < -0.39 is 0 Å². The molecule has 0 atom stereocenters. The summed E-state index contributed by atoms with van der Waals surface area (Å²) in [6.07, 6.45) is 5.65. The summed E-state index contributed by atoms with van der Waals surface area (Å²) >= 11 is 6.40. The summed E-state index contributed by atoms with van der Waals surface area (Å²) in [5.74, 6) is 1.18. The summed E-state index contributed by atoms with van der Waals surface area (Å²) in [4.78, 5) is 26.9. The van der Waals surface area contributed by atoms with Gasteiger partial charge in [-0.25, -0.2) is 0 Å². The fourth-order valence-corrected chi connectivity index (χ4v) is 4.38. The molecular formula is C24H28ClN3O4. The first-order chi connectivity index (χ1) is 15.5. The van der Waals surface area contributed by atoms with Crippen LogP contribution in [0.1, 0.15) is 48.0 Å². The van der Waals surface area contributed by atoms with E-state index in [1.807, 2.05) is 30.1 Å². The van der Waals surface area contributed by atoms with Crippen LogP contribution < -0.4 is 20.1 Å². The topological polar surface area (TPSA) is 79.9 Å². The highest BCUT2D eigenvalue weighted by atomic mass is 35.5. The normalized spacial score (nSPS) is 15.3. The number of carbonyl (C=O) groups is 2. The molecule has 0 saturated heterocycles. The maximum atomic E-state index is 12.9. The van der Waals surface area contributed by atoms with Crippen molar-refractivity contribution in [2.24, 2.45) is 0 Å². The molecule has 7 nitrogen and oxygen atoms in total. The molecule has 1 aliphatic heterocycles. The van der Waals surface area contributed by atoms with Gasteiger partial charge in [0.1, 0.15) is 0 Å². The van der Waals surface area contributed by atoms with Crippen LogP contribution in [-0.2, 0) is 11.3 Å². The molecule has 2 aromatic rings. The predicted molar refractivity (Wildman–Crippen MR) is 123 cm³/mol. The van der Waals surface area contributed by atoms with Crippen molar-refractivity contribution in [1.29, 1.82) is 0 Å². The second kappa shape index (κ2) is 10.1. The zero-order chi connectivity index (χ0) is 22.5. The minimum Gasteiger partial charge on any atom is -0.454 e. The first-order valence-corrected chi connectivity index (χ1v) is 11.3. The first kappa shape index (κ1) is 22.3. The number of benzene rings is 2. The van der Waals surface area contributed by atoms with Crippen molar-refractivity contribution >= 4 is 29.1 Å². The van der Waals surface area contributed by atoms with Gasteiger partial charge in [-0.1, -0.05) is 36.9 Å². The van der Waals surface area contributed by atoms with Crippen molar-refractivity contribution in [3.05, 3.63) is 52.5 Å². The lowest BCUT2D eigenvalue weighted by atomic mass is 9.94. The molecule has 2 N–H and O–H groups in total. The third-order valence-corrected chi connectivity index (χ3v) is 6.33. The van der Waals surface area contributed by atoms with Crippen LogP contribution in [0, 0.1) is 0 Å². The Morgan fingerprint density at radius 1 is 1.06 bits per heavy atom. The van der Waals surface area contributed by atoms with E-state index in [4.69, 9.17) is 21.1 Å². The van der Waals surface area contributed by atoms with Crippen LogP contribution in [-0.4, -0.2) is 43.1 Å². The highest BCUT2D eigenvalue weighted by Gasteiger charge is 2.24. The lowest BCUT2D eigenvalue weighted by molar-refractivity contribution is -0.119. The number of halogens is 1. The maximum absolute atomic E-state index is 12.9. The highest BCUT2D eigenvalue weighted by Crippen LogP contribution is 2.32. The number of amides is 2. The zero-order valence-electron chi connectivity index (χ0n) is 18.2. The summed E-state index contributed by atoms with van der Waals surface area (Å²) in [7, 11) is 1.85. The molecule has 0 bridgehead atoms. The average molecular weight is 458 g/mol. The highest BCUT2D eigenvalue weighted by molar-refractivity contribution is 6.34. The Kier molecular flexibility index (Phi) is 7.05. The zero-order valence-corrected chi connectivity index (χ0v) is 18.9. The minimum atomic E-state index is -0.157. The molecule has 2 aliphatic rings. The predicted octanol–water partition coefficient (Wildman–Crippen LogP) is 4.20. The summed E-state index contributed by atoms with van der Waals surface area (Å²) in [5, 5.41) is 6.30. The van der Waals surface area contributed by atoms with Gasteiger partial charge in [0.15, 0.2) is 11.5 Å². The van der Waals surface area contributed by atoms with Crippen molar-refractivity contribution < 1.29 is 19.1 Å². The fourth-order valence-electron chi connectivity index (χ4n) is 4.12. The average Bonchev–Trinajstić information content (AvgIpc) is 3.29. The van der Waals surface area contributed by atoms with E-state index in [9.17, 15) is 9.59 Å². The van der Waals surface area contributed by atoms with Crippen molar-refractivity contribution in [3.63, 3.8) is 0 Å². The van der Waals surface area contributed by atoms with E-state index in [2.05, 4.69) is 10.6 Å². The molecule has 32 heavy (non-hydrogen) atoms. The molecule has 2 amide bonds. The number of rotatable bonds is 7. The van der Waals surface area contributed by atoms with Crippen molar-refractivity contribution in [2.75, 3.05) is 25.7 Å². The third kappa shape index (κ3) is 5.27. The van der Waals surface area contributed by atoms with E-state index in [1.165, 1.54) is 6.42 Å². The van der Waals surface area contributed by atoms with Crippen molar-refractivity contribution in [3.8, 4) is 11.5 Å². The molecule has 0 aromatic heterocycles. The molecule has 1 saturated carbocycles. The second-order valence-corrected chi connectivity index (χ2v) is 8.63. The molecule has 1 aliphatic carbocycles. The van der Waals surface area contributed by atoms with Gasteiger partial charge in [0.25, 0.3) is 5.91 Å².